The van der Waals surface area contributed by atoms with Crippen LogP contribution in [0.3, 0.4) is 0 Å². The molecule has 0 amide bonds. The van der Waals surface area contributed by atoms with Crippen LogP contribution in [0.1, 0.15) is 16.5 Å². The van der Waals surface area contributed by atoms with Crippen LogP contribution < -0.4 is 5.32 Å². The van der Waals surface area contributed by atoms with Gasteiger partial charge in [-0.25, -0.2) is 4.98 Å². The Morgan fingerprint density at radius 3 is 2.74 bits per heavy atom. The molecule has 1 saturated heterocycles. The highest BCUT2D eigenvalue weighted by Gasteiger charge is 2.17. The van der Waals surface area contributed by atoms with Crippen LogP contribution in [-0.4, -0.2) is 46.2 Å². The van der Waals surface area contributed by atoms with Gasteiger partial charge in [0, 0.05) is 26.2 Å². The molecule has 0 radical (unpaired) electrons. The standard InChI is InChI=1S/C12H17N5OS/c1-8-11(19-9(2)14-8)12-15-10(16-18-12)7-17-5-3-13-4-6-17/h13H,3-7H2,1-2H3. The average Bonchev–Trinajstić information content (AvgIpc) is 2.97. The van der Waals surface area contributed by atoms with Crippen molar-refractivity contribution in [1.29, 1.82) is 0 Å². The Hall–Kier alpha value is -1.31. The number of aryl methyl sites for hydroxylation is 2. The lowest BCUT2D eigenvalue weighted by atomic mass is 10.3. The first-order valence-corrected chi connectivity index (χ1v) is 7.24. The minimum atomic E-state index is 0.591. The van der Waals surface area contributed by atoms with E-state index in [2.05, 4.69) is 25.3 Å². The molecule has 1 N–H and O–H groups in total. The lowest BCUT2D eigenvalue weighted by Gasteiger charge is -2.25. The van der Waals surface area contributed by atoms with Gasteiger partial charge in [0.1, 0.15) is 4.88 Å². The molecule has 19 heavy (non-hydrogen) atoms. The van der Waals surface area contributed by atoms with E-state index < -0.39 is 0 Å². The molecule has 0 saturated carbocycles. The van der Waals surface area contributed by atoms with Crippen LogP contribution in [0, 0.1) is 13.8 Å². The van der Waals surface area contributed by atoms with E-state index in [1.807, 2.05) is 13.8 Å². The van der Waals surface area contributed by atoms with E-state index in [-0.39, 0.29) is 0 Å². The largest absolute Gasteiger partial charge is 0.333 e. The number of nitrogens with zero attached hydrogens (tertiary/aromatic N) is 4. The van der Waals surface area contributed by atoms with Crippen molar-refractivity contribution in [2.45, 2.75) is 20.4 Å². The van der Waals surface area contributed by atoms with Gasteiger partial charge in [0.05, 0.1) is 17.2 Å². The van der Waals surface area contributed by atoms with E-state index in [0.717, 1.165) is 54.1 Å². The molecule has 3 heterocycles. The summed E-state index contributed by atoms with van der Waals surface area (Å²) in [6, 6.07) is 0. The monoisotopic (exact) mass is 279 g/mol. The minimum Gasteiger partial charge on any atom is -0.333 e. The van der Waals surface area contributed by atoms with Crippen LogP contribution in [0.15, 0.2) is 4.52 Å². The van der Waals surface area contributed by atoms with Crippen molar-refractivity contribution < 1.29 is 4.52 Å². The van der Waals surface area contributed by atoms with Crippen molar-refractivity contribution >= 4 is 11.3 Å². The lowest BCUT2D eigenvalue weighted by molar-refractivity contribution is 0.225. The Labute approximate surface area is 115 Å². The molecular formula is C12H17N5OS. The van der Waals surface area contributed by atoms with Gasteiger partial charge in [-0.05, 0) is 13.8 Å². The number of hydrogen-bond acceptors (Lipinski definition) is 7. The second-order valence-electron chi connectivity index (χ2n) is 4.69. The summed E-state index contributed by atoms with van der Waals surface area (Å²) in [7, 11) is 0. The summed E-state index contributed by atoms with van der Waals surface area (Å²) >= 11 is 1.60. The van der Waals surface area contributed by atoms with Gasteiger partial charge in [-0.3, -0.25) is 4.90 Å². The van der Waals surface area contributed by atoms with Gasteiger partial charge in [-0.1, -0.05) is 5.16 Å². The number of rotatable bonds is 3. The summed E-state index contributed by atoms with van der Waals surface area (Å²) in [4.78, 5) is 12.2. The van der Waals surface area contributed by atoms with Crippen molar-refractivity contribution in [3.8, 4) is 10.8 Å². The van der Waals surface area contributed by atoms with E-state index in [9.17, 15) is 0 Å². The summed E-state index contributed by atoms with van der Waals surface area (Å²) in [6.07, 6.45) is 0. The highest BCUT2D eigenvalue weighted by Crippen LogP contribution is 2.28. The molecule has 0 bridgehead atoms. The van der Waals surface area contributed by atoms with Gasteiger partial charge in [0.15, 0.2) is 5.82 Å². The molecule has 3 rings (SSSR count). The van der Waals surface area contributed by atoms with Crippen molar-refractivity contribution in [1.82, 2.24) is 25.3 Å². The maximum Gasteiger partial charge on any atom is 0.269 e. The highest BCUT2D eigenvalue weighted by molar-refractivity contribution is 7.15. The molecule has 1 aliphatic heterocycles. The third-order valence-corrected chi connectivity index (χ3v) is 4.20. The Morgan fingerprint density at radius 1 is 1.26 bits per heavy atom. The number of hydrogen-bond donors (Lipinski definition) is 1. The SMILES string of the molecule is Cc1nc(C)c(-c2nc(CN3CCNCC3)no2)s1. The van der Waals surface area contributed by atoms with Crippen molar-refractivity contribution in [2.75, 3.05) is 26.2 Å². The molecule has 2 aromatic rings. The Kier molecular flexibility index (Phi) is 3.58. The molecular weight excluding hydrogens is 262 g/mol. The van der Waals surface area contributed by atoms with Crippen LogP contribution >= 0.6 is 11.3 Å². The maximum absolute atomic E-state index is 5.35. The smallest absolute Gasteiger partial charge is 0.269 e. The Balaban J connectivity index is 1.74. The number of nitrogens with one attached hydrogen (secondary N) is 1. The maximum atomic E-state index is 5.35. The van der Waals surface area contributed by atoms with Crippen LogP contribution in [0.2, 0.25) is 0 Å². The molecule has 1 aliphatic rings. The molecule has 7 heteroatoms. The van der Waals surface area contributed by atoms with Gasteiger partial charge in [0.25, 0.3) is 5.89 Å². The normalized spacial score (nSPS) is 16.9. The van der Waals surface area contributed by atoms with Crippen molar-refractivity contribution in [3.05, 3.63) is 16.5 Å². The fourth-order valence-corrected chi connectivity index (χ4v) is 3.05. The fraction of sp³-hybridized carbons (Fsp3) is 0.583. The van der Waals surface area contributed by atoms with Crippen LogP contribution in [0.4, 0.5) is 0 Å². The number of piperazine rings is 1. The second kappa shape index (κ2) is 5.36. The van der Waals surface area contributed by atoms with Gasteiger partial charge < -0.3 is 9.84 Å². The first-order valence-electron chi connectivity index (χ1n) is 6.42. The van der Waals surface area contributed by atoms with Crippen molar-refractivity contribution in [2.24, 2.45) is 0 Å². The molecule has 1 fully saturated rings. The van der Waals surface area contributed by atoms with Gasteiger partial charge >= 0.3 is 0 Å². The quantitative estimate of drug-likeness (QED) is 0.911. The molecule has 0 unspecified atom stereocenters. The summed E-state index contributed by atoms with van der Waals surface area (Å²) < 4.78 is 5.35. The summed E-state index contributed by atoms with van der Waals surface area (Å²) in [5.41, 5.74) is 0.958. The predicted molar refractivity (Wildman–Crippen MR) is 73.0 cm³/mol. The zero-order valence-electron chi connectivity index (χ0n) is 11.1. The third-order valence-electron chi connectivity index (χ3n) is 3.14. The summed E-state index contributed by atoms with van der Waals surface area (Å²) in [5, 5.41) is 8.42. The second-order valence-corrected chi connectivity index (χ2v) is 5.89. The molecule has 102 valence electrons. The highest BCUT2D eigenvalue weighted by atomic mass is 32.1. The number of thiazole rings is 1. The van der Waals surface area contributed by atoms with E-state index in [0.29, 0.717) is 5.89 Å². The molecule has 0 aliphatic carbocycles. The molecule has 0 spiro atoms. The topological polar surface area (TPSA) is 67.1 Å². The molecule has 2 aromatic heterocycles. The minimum absolute atomic E-state index is 0.591. The predicted octanol–water partition coefficient (Wildman–Crippen LogP) is 1.22. The number of aromatic nitrogens is 3. The van der Waals surface area contributed by atoms with E-state index in [4.69, 9.17) is 4.52 Å². The summed E-state index contributed by atoms with van der Waals surface area (Å²) in [5.74, 6) is 1.34. The fourth-order valence-electron chi connectivity index (χ4n) is 2.21. The first kappa shape index (κ1) is 12.7. The zero-order chi connectivity index (χ0) is 13.2. The Morgan fingerprint density at radius 2 is 2.05 bits per heavy atom. The van der Waals surface area contributed by atoms with E-state index in [1.165, 1.54) is 0 Å². The Bertz CT molecular complexity index is 558. The van der Waals surface area contributed by atoms with Crippen LogP contribution in [0.5, 0.6) is 0 Å². The van der Waals surface area contributed by atoms with E-state index in [1.54, 1.807) is 11.3 Å². The lowest BCUT2D eigenvalue weighted by Crippen LogP contribution is -2.43. The van der Waals surface area contributed by atoms with Crippen LogP contribution in [-0.2, 0) is 6.54 Å². The van der Waals surface area contributed by atoms with Gasteiger partial charge in [0.2, 0.25) is 0 Å². The van der Waals surface area contributed by atoms with Crippen LogP contribution in [0.25, 0.3) is 10.8 Å². The third kappa shape index (κ3) is 2.83. The molecule has 6 nitrogen and oxygen atoms in total. The molecule has 0 aromatic carbocycles. The zero-order valence-corrected chi connectivity index (χ0v) is 12.0. The van der Waals surface area contributed by atoms with Crippen molar-refractivity contribution in [3.63, 3.8) is 0 Å². The first-order chi connectivity index (χ1) is 9.22. The van der Waals surface area contributed by atoms with E-state index >= 15 is 0 Å². The summed E-state index contributed by atoms with van der Waals surface area (Å²) in [6.45, 7) is 8.82. The van der Waals surface area contributed by atoms with Gasteiger partial charge in [-0.2, -0.15) is 4.98 Å². The molecule has 0 atom stereocenters. The average molecular weight is 279 g/mol. The van der Waals surface area contributed by atoms with Gasteiger partial charge in [-0.15, -0.1) is 11.3 Å².